The van der Waals surface area contributed by atoms with Gasteiger partial charge in [0, 0.05) is 7.05 Å². The van der Waals surface area contributed by atoms with Crippen molar-refractivity contribution in [1.29, 1.82) is 0 Å². The van der Waals surface area contributed by atoms with Crippen LogP contribution in [-0.2, 0) is 23.5 Å². The van der Waals surface area contributed by atoms with Crippen LogP contribution in [0.5, 0.6) is 5.75 Å². The third-order valence-electron chi connectivity index (χ3n) is 8.04. The lowest BCUT2D eigenvalue weighted by Crippen LogP contribution is -2.67. The molecule has 2 aromatic heterocycles. The summed E-state index contributed by atoms with van der Waals surface area (Å²) in [7, 11) is 0.337. The average molecular weight is 548 g/mol. The van der Waals surface area contributed by atoms with Gasteiger partial charge in [-0.25, -0.2) is 13.4 Å². The highest BCUT2D eigenvalue weighted by Gasteiger charge is 2.44. The molecule has 3 aromatic rings. The summed E-state index contributed by atoms with van der Waals surface area (Å²) in [6, 6.07) is 5.38. The molecule has 1 saturated heterocycles. The zero-order valence-electron chi connectivity index (χ0n) is 22.9. The number of benzene rings is 1. The van der Waals surface area contributed by atoms with Gasteiger partial charge in [0.05, 0.1) is 55.0 Å². The van der Waals surface area contributed by atoms with Gasteiger partial charge in [0.15, 0.2) is 4.64 Å². The first kappa shape index (κ1) is 27.7. The molecule has 9 nitrogen and oxygen atoms in total. The van der Waals surface area contributed by atoms with E-state index >= 15 is 0 Å². The number of hydrogen-bond donors (Lipinski definition) is 1. The minimum absolute atomic E-state index is 0.188. The van der Waals surface area contributed by atoms with E-state index in [1.807, 2.05) is 14.0 Å². The Bertz CT molecular complexity index is 1450. The quantitative estimate of drug-likeness (QED) is 0.334. The lowest BCUT2D eigenvalue weighted by Gasteiger charge is -2.50. The Kier molecular flexibility index (Phi) is 7.81. The maximum atomic E-state index is 13.9. The molecule has 1 unspecified atom stereocenters. The van der Waals surface area contributed by atoms with Crippen LogP contribution in [0.2, 0.25) is 0 Å². The minimum atomic E-state index is -3.73. The average Bonchev–Trinajstić information content (AvgIpc) is 3.18. The first-order chi connectivity index (χ1) is 17.5. The zero-order chi connectivity index (χ0) is 27.1. The van der Waals surface area contributed by atoms with Crippen LogP contribution >= 0.6 is 12.2 Å². The second-order valence-electron chi connectivity index (χ2n) is 10.2. The zero-order valence-corrected chi connectivity index (χ0v) is 24.5. The first-order valence-corrected chi connectivity index (χ1v) is 14.9. The number of piperazine rings is 1. The molecule has 0 saturated carbocycles. The number of likely N-dealkylation sites (N-methyl/N-ethyl adjacent to an activating group) is 1. The van der Waals surface area contributed by atoms with Crippen molar-refractivity contribution in [2.75, 3.05) is 33.3 Å². The van der Waals surface area contributed by atoms with Crippen LogP contribution in [0, 0.1) is 4.64 Å². The number of nitrogens with zero attached hydrogens (tertiary/aromatic N) is 5. The Morgan fingerprint density at radius 2 is 1.86 bits per heavy atom. The Morgan fingerprint density at radius 1 is 1.19 bits per heavy atom. The molecular formula is C26H39N6O3S2+. The van der Waals surface area contributed by atoms with Gasteiger partial charge < -0.3 is 14.2 Å². The number of quaternary nitrogens is 1. The van der Waals surface area contributed by atoms with Crippen LogP contribution in [0.3, 0.4) is 0 Å². The van der Waals surface area contributed by atoms with E-state index in [9.17, 15) is 8.42 Å². The number of rotatable bonds is 8. The van der Waals surface area contributed by atoms with E-state index in [0.717, 1.165) is 40.6 Å². The number of ether oxygens (including phenoxy) is 1. The summed E-state index contributed by atoms with van der Waals surface area (Å²) in [5, 5.41) is 4.63. The van der Waals surface area contributed by atoms with Crippen molar-refractivity contribution in [3.05, 3.63) is 28.5 Å². The number of sulfonamides is 1. The third kappa shape index (κ3) is 4.82. The molecule has 202 valence electrons. The van der Waals surface area contributed by atoms with Crippen molar-refractivity contribution < 1.29 is 17.6 Å². The molecule has 3 heterocycles. The summed E-state index contributed by atoms with van der Waals surface area (Å²) in [6.07, 6.45) is 1.73. The van der Waals surface area contributed by atoms with Crippen LogP contribution in [0.25, 0.3) is 22.4 Å². The van der Waals surface area contributed by atoms with Crippen molar-refractivity contribution in [2.45, 2.75) is 64.4 Å². The molecule has 0 bridgehead atoms. The Hall–Kier alpha value is -2.34. The number of aromatic amines is 1. The second-order valence-corrected chi connectivity index (χ2v) is 12.5. The SMILES string of the molecule is CCCc1nn(C)c2c(=S)nc(-c3cc(S(=O)(=O)N4C[C@@H](C)[N+](C)(CC)[C@@H](C)C4)ccc3OCC)[nH]c12. The maximum Gasteiger partial charge on any atom is 0.243 e. The molecule has 1 aromatic carbocycles. The minimum Gasteiger partial charge on any atom is -0.493 e. The first-order valence-electron chi connectivity index (χ1n) is 13.1. The van der Waals surface area contributed by atoms with Crippen molar-refractivity contribution in [2.24, 2.45) is 7.05 Å². The third-order valence-corrected chi connectivity index (χ3v) is 10.2. The summed E-state index contributed by atoms with van der Waals surface area (Å²) in [4.78, 5) is 8.26. The number of nitrogens with one attached hydrogen (secondary N) is 1. The fourth-order valence-electron chi connectivity index (χ4n) is 5.37. The van der Waals surface area contributed by atoms with Crippen LogP contribution < -0.4 is 4.74 Å². The van der Waals surface area contributed by atoms with E-state index in [0.29, 0.717) is 41.5 Å². The van der Waals surface area contributed by atoms with E-state index < -0.39 is 10.0 Å². The Balaban J connectivity index is 1.82. The topological polar surface area (TPSA) is 93.1 Å². The summed E-state index contributed by atoms with van der Waals surface area (Å²) >= 11 is 5.64. The predicted octanol–water partition coefficient (Wildman–Crippen LogP) is 4.29. The molecule has 1 N–H and O–H groups in total. The molecule has 11 heteroatoms. The number of hydrogen-bond acceptors (Lipinski definition) is 6. The molecule has 0 spiro atoms. The number of aromatic nitrogens is 4. The van der Waals surface area contributed by atoms with Crippen LogP contribution in [0.1, 0.15) is 46.7 Å². The lowest BCUT2D eigenvalue weighted by atomic mass is 10.1. The molecule has 1 aliphatic rings. The van der Waals surface area contributed by atoms with Gasteiger partial charge in [0.2, 0.25) is 10.0 Å². The van der Waals surface area contributed by atoms with Crippen LogP contribution in [0.15, 0.2) is 23.1 Å². The molecule has 37 heavy (non-hydrogen) atoms. The van der Waals surface area contributed by atoms with Gasteiger partial charge >= 0.3 is 0 Å². The van der Waals surface area contributed by atoms with Gasteiger partial charge in [-0.1, -0.05) is 25.6 Å². The van der Waals surface area contributed by atoms with Gasteiger partial charge in [0.1, 0.15) is 29.2 Å². The van der Waals surface area contributed by atoms with Crippen molar-refractivity contribution in [3.8, 4) is 17.1 Å². The predicted molar refractivity (Wildman–Crippen MR) is 149 cm³/mol. The number of aryl methyl sites for hydroxylation is 2. The summed E-state index contributed by atoms with van der Waals surface area (Å²) in [6.45, 7) is 12.8. The fourth-order valence-corrected chi connectivity index (χ4v) is 7.33. The van der Waals surface area contributed by atoms with Crippen molar-refractivity contribution in [3.63, 3.8) is 0 Å². The molecule has 1 aliphatic heterocycles. The van der Waals surface area contributed by atoms with Gasteiger partial charge in [-0.15, -0.1) is 0 Å². The Morgan fingerprint density at radius 3 is 2.46 bits per heavy atom. The van der Waals surface area contributed by atoms with E-state index in [4.69, 9.17) is 17.0 Å². The molecule has 1 fully saturated rings. The summed E-state index contributed by atoms with van der Waals surface area (Å²) in [5.74, 6) is 1.02. The largest absolute Gasteiger partial charge is 0.493 e. The standard InChI is InChI=1S/C26H38N6O3S2/c1-8-11-21-23-24(30(6)29-21)26(36)28-25(27-23)20-14-19(12-13-22(20)35-10-3)37(33,34)31-15-17(4)32(7,9-2)18(5)16-31/h12-14,17-18H,8-11,15-16H2,1-7H3/p+1/t17-,18+,32?. The lowest BCUT2D eigenvalue weighted by molar-refractivity contribution is -0.955. The summed E-state index contributed by atoms with van der Waals surface area (Å²) in [5.41, 5.74) is 3.06. The normalized spacial score (nSPS) is 23.0. The van der Waals surface area contributed by atoms with Gasteiger partial charge in [0.25, 0.3) is 0 Å². The van der Waals surface area contributed by atoms with Crippen LogP contribution in [0.4, 0.5) is 0 Å². The number of fused-ring (bicyclic) bond motifs is 1. The molecule has 4 rings (SSSR count). The molecule has 0 radical (unpaired) electrons. The second kappa shape index (κ2) is 10.4. The summed E-state index contributed by atoms with van der Waals surface area (Å²) < 4.78 is 38.3. The van der Waals surface area contributed by atoms with Crippen molar-refractivity contribution in [1.82, 2.24) is 24.1 Å². The van der Waals surface area contributed by atoms with Gasteiger partial charge in [-0.2, -0.15) is 9.40 Å². The highest BCUT2D eigenvalue weighted by molar-refractivity contribution is 7.89. The Labute approximate surface area is 225 Å². The van der Waals surface area contributed by atoms with E-state index in [1.54, 1.807) is 27.2 Å². The van der Waals surface area contributed by atoms with E-state index in [1.165, 1.54) is 0 Å². The smallest absolute Gasteiger partial charge is 0.243 e. The fraction of sp³-hybridized carbons (Fsp3) is 0.577. The van der Waals surface area contributed by atoms with Gasteiger partial charge in [-0.3, -0.25) is 4.68 Å². The van der Waals surface area contributed by atoms with Crippen molar-refractivity contribution >= 4 is 33.3 Å². The monoisotopic (exact) mass is 547 g/mol. The maximum absolute atomic E-state index is 13.9. The molecule has 0 aliphatic carbocycles. The molecule has 3 atom stereocenters. The highest BCUT2D eigenvalue weighted by Crippen LogP contribution is 2.34. The molecule has 0 amide bonds. The van der Waals surface area contributed by atoms with Crippen LogP contribution in [-0.4, -0.2) is 82.3 Å². The highest BCUT2D eigenvalue weighted by atomic mass is 32.2. The van der Waals surface area contributed by atoms with E-state index in [2.05, 4.69) is 49.8 Å². The number of H-pyrrole nitrogens is 1. The van der Waals surface area contributed by atoms with E-state index in [-0.39, 0.29) is 17.0 Å². The van der Waals surface area contributed by atoms with Gasteiger partial charge in [-0.05, 0) is 52.3 Å². The molecular weight excluding hydrogens is 508 g/mol.